The molecule has 60 valence electrons. The average molecular weight is 164 g/mol. The van der Waals surface area contributed by atoms with Crippen LogP contribution in [0.4, 0.5) is 0 Å². The zero-order valence-electron chi connectivity index (χ0n) is 6.16. The van der Waals surface area contributed by atoms with Gasteiger partial charge in [-0.15, -0.1) is 0 Å². The van der Waals surface area contributed by atoms with E-state index in [4.69, 9.17) is 14.6 Å². The number of thioether (sulfide) groups is 1. The molecule has 1 aliphatic rings. The van der Waals surface area contributed by atoms with Crippen molar-refractivity contribution in [3.8, 4) is 0 Å². The van der Waals surface area contributed by atoms with E-state index in [0.29, 0.717) is 6.61 Å². The highest BCUT2D eigenvalue weighted by Crippen LogP contribution is 2.28. The van der Waals surface area contributed by atoms with Crippen LogP contribution in [0.5, 0.6) is 0 Å². The van der Waals surface area contributed by atoms with E-state index >= 15 is 0 Å². The van der Waals surface area contributed by atoms with E-state index in [1.165, 1.54) is 11.8 Å². The summed E-state index contributed by atoms with van der Waals surface area (Å²) in [6, 6.07) is 0. The predicted octanol–water partition coefficient (Wildman–Crippen LogP) is 0.778. The third kappa shape index (κ3) is 2.12. The summed E-state index contributed by atoms with van der Waals surface area (Å²) in [5.74, 6) is -0.378. The lowest BCUT2D eigenvalue weighted by atomic mass is 10.4. The number of rotatable bonds is 2. The molecule has 4 heteroatoms. The monoisotopic (exact) mass is 164 g/mol. The van der Waals surface area contributed by atoms with Gasteiger partial charge in [-0.3, -0.25) is 0 Å². The maximum absolute atomic E-state index is 8.52. The summed E-state index contributed by atoms with van der Waals surface area (Å²) in [7, 11) is 0. The van der Waals surface area contributed by atoms with E-state index < -0.39 is 5.79 Å². The highest BCUT2D eigenvalue weighted by Gasteiger charge is 2.32. The molecule has 0 aromatic carbocycles. The lowest BCUT2D eigenvalue weighted by Gasteiger charge is -2.15. The summed E-state index contributed by atoms with van der Waals surface area (Å²) < 4.78 is 10.6. The molecule has 0 spiro atoms. The summed E-state index contributed by atoms with van der Waals surface area (Å²) in [4.78, 5) is 0. The smallest absolute Gasteiger partial charge is 0.164 e. The summed E-state index contributed by atoms with van der Waals surface area (Å²) in [5, 5.41) is 8.52. The summed E-state index contributed by atoms with van der Waals surface area (Å²) in [5.41, 5.74) is -0.000000000000000222. The van der Waals surface area contributed by atoms with E-state index in [1.54, 1.807) is 0 Å². The molecule has 3 nitrogen and oxygen atoms in total. The Hall–Kier alpha value is 0.230. The van der Waals surface area contributed by atoms with E-state index in [1.807, 2.05) is 13.8 Å². The van der Waals surface area contributed by atoms with E-state index in [2.05, 4.69) is 0 Å². The van der Waals surface area contributed by atoms with Gasteiger partial charge in [0.25, 0.3) is 0 Å². The second-order valence-corrected chi connectivity index (χ2v) is 3.67. The fourth-order valence-corrected chi connectivity index (χ4v) is 1.45. The van der Waals surface area contributed by atoms with E-state index in [9.17, 15) is 0 Å². The van der Waals surface area contributed by atoms with Crippen LogP contribution in [-0.2, 0) is 9.47 Å². The van der Waals surface area contributed by atoms with Gasteiger partial charge in [-0.25, -0.2) is 0 Å². The quantitative estimate of drug-likeness (QED) is 0.612. The molecule has 0 aromatic heterocycles. The molecule has 1 heterocycles. The van der Waals surface area contributed by atoms with Gasteiger partial charge in [0.1, 0.15) is 5.44 Å². The first-order valence-electron chi connectivity index (χ1n) is 3.18. The molecule has 1 fully saturated rings. The first kappa shape index (κ1) is 8.33. The van der Waals surface area contributed by atoms with Gasteiger partial charge >= 0.3 is 0 Å². The molecular formula is C6H12O3S. The van der Waals surface area contributed by atoms with Gasteiger partial charge in [0.15, 0.2) is 5.79 Å². The molecule has 1 saturated heterocycles. The van der Waals surface area contributed by atoms with Gasteiger partial charge in [-0.2, -0.15) is 0 Å². The van der Waals surface area contributed by atoms with Gasteiger partial charge in [-0.1, -0.05) is 11.8 Å². The molecular weight excluding hydrogens is 152 g/mol. The molecule has 0 radical (unpaired) electrons. The van der Waals surface area contributed by atoms with E-state index in [-0.39, 0.29) is 11.4 Å². The molecule has 0 unspecified atom stereocenters. The van der Waals surface area contributed by atoms with Crippen molar-refractivity contribution >= 4 is 11.8 Å². The van der Waals surface area contributed by atoms with Crippen LogP contribution in [-0.4, -0.2) is 28.9 Å². The van der Waals surface area contributed by atoms with Gasteiger partial charge in [0.2, 0.25) is 0 Å². The van der Waals surface area contributed by atoms with Gasteiger partial charge in [0.05, 0.1) is 12.5 Å². The topological polar surface area (TPSA) is 38.7 Å². The van der Waals surface area contributed by atoms with Crippen molar-refractivity contribution in [3.05, 3.63) is 0 Å². The summed E-state index contributed by atoms with van der Waals surface area (Å²) in [6.45, 7) is 4.30. The Kier molecular flexibility index (Phi) is 2.57. The first-order valence-corrected chi connectivity index (χ1v) is 4.23. The number of aliphatic hydroxyl groups excluding tert-OH is 1. The van der Waals surface area contributed by atoms with Crippen molar-refractivity contribution in [3.63, 3.8) is 0 Å². The molecule has 0 bridgehead atoms. The Bertz CT molecular complexity index is 116. The minimum Gasteiger partial charge on any atom is -0.386 e. The van der Waals surface area contributed by atoms with Crippen LogP contribution in [0.25, 0.3) is 0 Å². The Balaban J connectivity index is 2.29. The van der Waals surface area contributed by atoms with Crippen molar-refractivity contribution in [2.75, 3.05) is 12.5 Å². The second-order valence-electron chi connectivity index (χ2n) is 2.55. The fraction of sp³-hybridized carbons (Fsp3) is 1.00. The summed E-state index contributed by atoms with van der Waals surface area (Å²) >= 11 is 1.35. The molecule has 0 aromatic rings. The highest BCUT2D eigenvalue weighted by molar-refractivity contribution is 7.99. The number of hydrogen-bond donors (Lipinski definition) is 1. The fourth-order valence-electron chi connectivity index (χ4n) is 0.819. The van der Waals surface area contributed by atoms with E-state index in [0.717, 1.165) is 0 Å². The van der Waals surface area contributed by atoms with Crippen molar-refractivity contribution < 1.29 is 14.6 Å². The number of aliphatic hydroxyl groups is 1. The maximum Gasteiger partial charge on any atom is 0.164 e. The van der Waals surface area contributed by atoms with Gasteiger partial charge in [0, 0.05) is 0 Å². The molecule has 0 amide bonds. The molecule has 0 aliphatic carbocycles. The SMILES string of the molecule is CC1(C)OC[C@H](SCO)O1. The Morgan fingerprint density at radius 2 is 2.40 bits per heavy atom. The minimum atomic E-state index is -0.465. The number of ether oxygens (including phenoxy) is 2. The molecule has 0 saturated carbocycles. The lowest BCUT2D eigenvalue weighted by Crippen LogP contribution is -2.20. The van der Waals surface area contributed by atoms with Crippen LogP contribution < -0.4 is 0 Å². The predicted molar refractivity (Wildman–Crippen MR) is 39.6 cm³/mol. The second kappa shape index (κ2) is 3.09. The first-order chi connectivity index (χ1) is 4.64. The lowest BCUT2D eigenvalue weighted by molar-refractivity contribution is -0.129. The van der Waals surface area contributed by atoms with Crippen LogP contribution in [0.2, 0.25) is 0 Å². The average Bonchev–Trinajstić information content (AvgIpc) is 2.12. The van der Waals surface area contributed by atoms with Gasteiger partial charge in [-0.05, 0) is 13.8 Å². The van der Waals surface area contributed by atoms with Crippen molar-refractivity contribution in [2.45, 2.75) is 25.1 Å². The zero-order valence-corrected chi connectivity index (χ0v) is 6.98. The Labute approximate surface area is 64.7 Å². The zero-order chi connectivity index (χ0) is 7.61. The Morgan fingerprint density at radius 1 is 1.70 bits per heavy atom. The van der Waals surface area contributed by atoms with Crippen molar-refractivity contribution in [1.82, 2.24) is 0 Å². The largest absolute Gasteiger partial charge is 0.386 e. The molecule has 1 aliphatic heterocycles. The molecule has 1 atom stereocenters. The number of hydrogen-bond acceptors (Lipinski definition) is 4. The third-order valence-electron chi connectivity index (χ3n) is 1.24. The molecule has 10 heavy (non-hydrogen) atoms. The normalized spacial score (nSPS) is 30.9. The standard InChI is InChI=1S/C6H12O3S/c1-6(2)8-3-5(9-6)10-4-7/h5,7H,3-4H2,1-2H3/t5-/m0/s1. The minimum absolute atomic E-state index is 0.000000000000000222. The van der Waals surface area contributed by atoms with Crippen LogP contribution in [0.3, 0.4) is 0 Å². The van der Waals surface area contributed by atoms with Crippen LogP contribution in [0, 0.1) is 0 Å². The third-order valence-corrected chi connectivity index (χ3v) is 2.00. The van der Waals surface area contributed by atoms with Crippen molar-refractivity contribution in [2.24, 2.45) is 0 Å². The maximum atomic E-state index is 8.52. The van der Waals surface area contributed by atoms with Crippen LogP contribution in [0.15, 0.2) is 0 Å². The van der Waals surface area contributed by atoms with Crippen LogP contribution in [0.1, 0.15) is 13.8 Å². The molecule has 1 N–H and O–H groups in total. The highest BCUT2D eigenvalue weighted by atomic mass is 32.2. The van der Waals surface area contributed by atoms with Crippen molar-refractivity contribution in [1.29, 1.82) is 0 Å². The summed E-state index contributed by atoms with van der Waals surface area (Å²) in [6.07, 6.45) is 0. The van der Waals surface area contributed by atoms with Gasteiger partial charge < -0.3 is 14.6 Å². The Morgan fingerprint density at radius 3 is 2.80 bits per heavy atom. The molecule has 1 rings (SSSR count). The van der Waals surface area contributed by atoms with Crippen LogP contribution >= 0.6 is 11.8 Å².